The quantitative estimate of drug-likeness (QED) is 0.677. The van der Waals surface area contributed by atoms with Crippen LogP contribution in [0.3, 0.4) is 0 Å². The summed E-state index contributed by atoms with van der Waals surface area (Å²) in [5.74, 6) is -0.832. The van der Waals surface area contributed by atoms with Crippen LogP contribution in [-0.2, 0) is 11.3 Å². The average Bonchev–Trinajstić information content (AvgIpc) is 3.19. The molecule has 0 atom stereocenters. The van der Waals surface area contributed by atoms with Crippen molar-refractivity contribution in [1.82, 2.24) is 19.3 Å². The van der Waals surface area contributed by atoms with E-state index in [9.17, 15) is 9.18 Å². The number of carbonyl (C=O) groups is 1. The van der Waals surface area contributed by atoms with Crippen LogP contribution in [-0.4, -0.2) is 31.9 Å². The number of rotatable bonds is 5. The van der Waals surface area contributed by atoms with Crippen molar-refractivity contribution in [3.63, 3.8) is 0 Å². The highest BCUT2D eigenvalue weighted by Gasteiger charge is 2.14. The van der Waals surface area contributed by atoms with Crippen molar-refractivity contribution in [3.8, 4) is 5.69 Å². The van der Waals surface area contributed by atoms with E-state index >= 15 is 0 Å². The molecule has 3 rings (SSSR count). The predicted molar refractivity (Wildman–Crippen MR) is 76.0 cm³/mol. The summed E-state index contributed by atoms with van der Waals surface area (Å²) in [6, 6.07) is 7.57. The zero-order chi connectivity index (χ0) is 15.4. The van der Waals surface area contributed by atoms with E-state index in [1.807, 2.05) is 0 Å². The van der Waals surface area contributed by atoms with E-state index in [4.69, 9.17) is 4.74 Å². The van der Waals surface area contributed by atoms with E-state index in [2.05, 4.69) is 10.1 Å². The van der Waals surface area contributed by atoms with Crippen LogP contribution < -0.4 is 0 Å². The Kier molecular flexibility index (Phi) is 3.95. The summed E-state index contributed by atoms with van der Waals surface area (Å²) in [4.78, 5) is 16.1. The highest BCUT2D eigenvalue weighted by Crippen LogP contribution is 2.13. The molecule has 0 amide bonds. The molecule has 0 unspecified atom stereocenters. The third kappa shape index (κ3) is 3.03. The molecule has 0 bridgehead atoms. The maximum atomic E-state index is 13.0. The molecule has 0 N–H and O–H groups in total. The first kappa shape index (κ1) is 14.0. The second-order valence-electron chi connectivity index (χ2n) is 4.53. The highest BCUT2D eigenvalue weighted by molar-refractivity contribution is 5.88. The van der Waals surface area contributed by atoms with Gasteiger partial charge in [-0.3, -0.25) is 9.25 Å². The summed E-state index contributed by atoms with van der Waals surface area (Å²) in [6.07, 6.45) is 6.35. The number of aromatic nitrogens is 4. The van der Waals surface area contributed by atoms with Crippen LogP contribution in [0.2, 0.25) is 0 Å². The first-order valence-electron chi connectivity index (χ1n) is 6.67. The molecular weight excluding hydrogens is 287 g/mol. The topological polar surface area (TPSA) is 61.9 Å². The third-order valence-corrected chi connectivity index (χ3v) is 3.07. The summed E-state index contributed by atoms with van der Waals surface area (Å²) < 4.78 is 21.4. The summed E-state index contributed by atoms with van der Waals surface area (Å²) in [5, 5.41) is 4.02. The molecule has 0 saturated heterocycles. The second kappa shape index (κ2) is 6.21. The fraction of sp³-hybridized carbons (Fsp3) is 0.133. The molecule has 1 aromatic carbocycles. The van der Waals surface area contributed by atoms with Gasteiger partial charge in [-0.2, -0.15) is 5.10 Å². The number of nitrogens with zero attached hydrogens (tertiary/aromatic N) is 4. The molecule has 0 radical (unpaired) electrons. The average molecular weight is 300 g/mol. The van der Waals surface area contributed by atoms with E-state index in [1.165, 1.54) is 24.7 Å². The Bertz CT molecular complexity index is 750. The van der Waals surface area contributed by atoms with Crippen LogP contribution in [0.4, 0.5) is 4.39 Å². The normalized spacial score (nSPS) is 10.6. The number of hydrogen-bond donors (Lipinski definition) is 0. The van der Waals surface area contributed by atoms with Crippen LogP contribution in [0.15, 0.2) is 55.2 Å². The van der Waals surface area contributed by atoms with Gasteiger partial charge in [-0.25, -0.2) is 14.2 Å². The minimum Gasteiger partial charge on any atom is -0.459 e. The molecule has 6 nitrogen and oxygen atoms in total. The molecule has 0 aliphatic heterocycles. The monoisotopic (exact) mass is 300 g/mol. The van der Waals surface area contributed by atoms with Crippen LogP contribution >= 0.6 is 0 Å². The molecule has 3 aromatic rings. The van der Waals surface area contributed by atoms with Crippen molar-refractivity contribution >= 4 is 5.97 Å². The molecule has 0 aliphatic rings. The second-order valence-corrected chi connectivity index (χ2v) is 4.53. The number of imidazole rings is 1. The SMILES string of the molecule is O=C(OCCn1cccn1)c1cncn1-c1ccc(F)cc1. The van der Waals surface area contributed by atoms with Gasteiger partial charge in [-0.05, 0) is 30.3 Å². The van der Waals surface area contributed by atoms with E-state index in [0.717, 1.165) is 0 Å². The Labute approximate surface area is 125 Å². The Morgan fingerprint density at radius 3 is 2.82 bits per heavy atom. The number of hydrogen-bond acceptors (Lipinski definition) is 4. The van der Waals surface area contributed by atoms with Crippen molar-refractivity contribution in [2.24, 2.45) is 0 Å². The van der Waals surface area contributed by atoms with Crippen molar-refractivity contribution in [1.29, 1.82) is 0 Å². The summed E-state index contributed by atoms with van der Waals surface area (Å²) >= 11 is 0. The maximum absolute atomic E-state index is 13.0. The van der Waals surface area contributed by atoms with Gasteiger partial charge in [0.2, 0.25) is 0 Å². The molecule has 7 heteroatoms. The van der Waals surface area contributed by atoms with Crippen molar-refractivity contribution in [2.45, 2.75) is 6.54 Å². The van der Waals surface area contributed by atoms with Crippen LogP contribution in [0.1, 0.15) is 10.5 Å². The van der Waals surface area contributed by atoms with E-state index in [1.54, 1.807) is 39.8 Å². The maximum Gasteiger partial charge on any atom is 0.357 e. The van der Waals surface area contributed by atoms with Gasteiger partial charge in [0.1, 0.15) is 12.4 Å². The zero-order valence-corrected chi connectivity index (χ0v) is 11.6. The lowest BCUT2D eigenvalue weighted by molar-refractivity contribution is 0.0478. The zero-order valence-electron chi connectivity index (χ0n) is 11.6. The summed E-state index contributed by atoms with van der Waals surface area (Å²) in [6.45, 7) is 0.679. The molecule has 0 aliphatic carbocycles. The Balaban J connectivity index is 1.68. The van der Waals surface area contributed by atoms with Gasteiger partial charge >= 0.3 is 5.97 Å². The Hall–Kier alpha value is -2.96. The van der Waals surface area contributed by atoms with Gasteiger partial charge < -0.3 is 4.74 Å². The minimum atomic E-state index is -0.492. The van der Waals surface area contributed by atoms with Gasteiger partial charge in [0.25, 0.3) is 0 Å². The van der Waals surface area contributed by atoms with Crippen LogP contribution in [0.25, 0.3) is 5.69 Å². The van der Waals surface area contributed by atoms with Crippen LogP contribution in [0.5, 0.6) is 0 Å². The third-order valence-electron chi connectivity index (χ3n) is 3.07. The lowest BCUT2D eigenvalue weighted by Gasteiger charge is -2.08. The predicted octanol–water partition coefficient (Wildman–Crippen LogP) is 2.06. The molecular formula is C15H13FN4O2. The molecule has 112 valence electrons. The molecule has 2 aromatic heterocycles. The summed E-state index contributed by atoms with van der Waals surface area (Å²) in [5.41, 5.74) is 0.921. The summed E-state index contributed by atoms with van der Waals surface area (Å²) in [7, 11) is 0. The van der Waals surface area contributed by atoms with Gasteiger partial charge in [-0.15, -0.1) is 0 Å². The number of ether oxygens (including phenoxy) is 1. The molecule has 0 saturated carbocycles. The lowest BCUT2D eigenvalue weighted by atomic mass is 10.3. The van der Waals surface area contributed by atoms with E-state index in [-0.39, 0.29) is 18.1 Å². The number of halogens is 1. The number of esters is 1. The fourth-order valence-corrected chi connectivity index (χ4v) is 1.99. The van der Waals surface area contributed by atoms with Gasteiger partial charge in [0.15, 0.2) is 5.69 Å². The Morgan fingerprint density at radius 1 is 1.27 bits per heavy atom. The van der Waals surface area contributed by atoms with Crippen molar-refractivity contribution < 1.29 is 13.9 Å². The standard InChI is InChI=1S/C15H13FN4O2/c16-12-2-4-13(5-3-12)20-11-17-10-14(20)15(21)22-9-8-19-7-1-6-18-19/h1-7,10-11H,8-9H2. The van der Waals surface area contributed by atoms with Crippen molar-refractivity contribution in [2.75, 3.05) is 6.61 Å². The first-order valence-corrected chi connectivity index (χ1v) is 6.67. The molecule has 22 heavy (non-hydrogen) atoms. The van der Waals surface area contributed by atoms with Gasteiger partial charge in [0.05, 0.1) is 19.1 Å². The number of benzene rings is 1. The smallest absolute Gasteiger partial charge is 0.357 e. The van der Waals surface area contributed by atoms with E-state index in [0.29, 0.717) is 12.2 Å². The van der Waals surface area contributed by atoms with Gasteiger partial charge in [0, 0.05) is 18.1 Å². The molecule has 2 heterocycles. The molecule has 0 fully saturated rings. The highest BCUT2D eigenvalue weighted by atomic mass is 19.1. The van der Waals surface area contributed by atoms with Crippen molar-refractivity contribution in [3.05, 3.63) is 66.8 Å². The van der Waals surface area contributed by atoms with E-state index < -0.39 is 5.97 Å². The Morgan fingerprint density at radius 2 is 2.09 bits per heavy atom. The lowest BCUT2D eigenvalue weighted by Crippen LogP contribution is -2.14. The number of carbonyl (C=O) groups excluding carboxylic acids is 1. The van der Waals surface area contributed by atoms with Gasteiger partial charge in [-0.1, -0.05) is 0 Å². The van der Waals surface area contributed by atoms with Crippen LogP contribution in [0, 0.1) is 5.82 Å². The molecule has 0 spiro atoms. The fourth-order valence-electron chi connectivity index (χ4n) is 1.99. The first-order chi connectivity index (χ1) is 10.7. The largest absolute Gasteiger partial charge is 0.459 e. The minimum absolute atomic E-state index is 0.203.